The zero-order chi connectivity index (χ0) is 29.8. The number of ether oxygens (including phenoxy) is 4. The van der Waals surface area contributed by atoms with Crippen LogP contribution in [0.3, 0.4) is 0 Å². The first-order valence-corrected chi connectivity index (χ1v) is 14.0. The number of nitrogens with zero attached hydrogens (tertiary/aromatic N) is 2. The van der Waals surface area contributed by atoms with Crippen LogP contribution in [0.1, 0.15) is 50.4 Å². The molecule has 0 radical (unpaired) electrons. The third-order valence-electron chi connectivity index (χ3n) is 6.44. The van der Waals surface area contributed by atoms with Crippen LogP contribution >= 0.6 is 11.3 Å². The van der Waals surface area contributed by atoms with Crippen LogP contribution in [0.15, 0.2) is 64.0 Å². The van der Waals surface area contributed by atoms with Crippen molar-refractivity contribution < 1.29 is 28.8 Å². The van der Waals surface area contributed by atoms with Gasteiger partial charge in [0.15, 0.2) is 27.8 Å². The lowest BCUT2D eigenvalue weighted by molar-refractivity contribution is -0.139. The average molecular weight is 579 g/mol. The van der Waals surface area contributed by atoms with E-state index < -0.39 is 12.0 Å². The molecular formula is C31H34N2O7S. The van der Waals surface area contributed by atoms with Gasteiger partial charge in [-0.2, -0.15) is 0 Å². The van der Waals surface area contributed by atoms with E-state index in [4.69, 9.17) is 18.9 Å². The summed E-state index contributed by atoms with van der Waals surface area (Å²) >= 11 is 1.21. The second-order valence-electron chi connectivity index (χ2n) is 9.60. The van der Waals surface area contributed by atoms with Crippen LogP contribution in [0.4, 0.5) is 0 Å². The molecule has 41 heavy (non-hydrogen) atoms. The Balaban J connectivity index is 1.95. The minimum absolute atomic E-state index is 0.0274. The lowest BCUT2D eigenvalue weighted by Crippen LogP contribution is -2.40. The Morgan fingerprint density at radius 3 is 2.54 bits per heavy atom. The number of thiazole rings is 1. The van der Waals surface area contributed by atoms with Crippen molar-refractivity contribution in [3.63, 3.8) is 0 Å². The Morgan fingerprint density at radius 1 is 1.17 bits per heavy atom. The van der Waals surface area contributed by atoms with Gasteiger partial charge in [0, 0.05) is 5.56 Å². The topological polar surface area (TPSA) is 109 Å². The first-order valence-electron chi connectivity index (χ1n) is 13.2. The van der Waals surface area contributed by atoms with Crippen molar-refractivity contribution >= 4 is 23.4 Å². The molecule has 1 aliphatic heterocycles. The van der Waals surface area contributed by atoms with Gasteiger partial charge in [-0.05, 0) is 75.6 Å². The van der Waals surface area contributed by atoms with E-state index in [0.717, 1.165) is 0 Å². The molecule has 0 aliphatic carbocycles. The minimum Gasteiger partial charge on any atom is -0.504 e. The largest absolute Gasteiger partial charge is 0.504 e. The SMILES string of the molecule is C=CCc1cc(/C=c2\sc3n(c2=O)[C@H](c2ccc(OC(C)C)c(OC)c2)C(C(=O)OCC)=C(C)N=3)cc(OC)c1O. The van der Waals surface area contributed by atoms with Gasteiger partial charge in [-0.25, -0.2) is 9.79 Å². The number of carbonyl (C=O) groups is 1. The smallest absolute Gasteiger partial charge is 0.338 e. The number of methoxy groups -OCH3 is 2. The lowest BCUT2D eigenvalue weighted by Gasteiger charge is -2.25. The second-order valence-corrected chi connectivity index (χ2v) is 10.6. The van der Waals surface area contributed by atoms with Gasteiger partial charge < -0.3 is 24.1 Å². The third kappa shape index (κ3) is 5.92. The van der Waals surface area contributed by atoms with Gasteiger partial charge in [0.25, 0.3) is 5.56 Å². The number of hydrogen-bond acceptors (Lipinski definition) is 9. The number of aromatic hydroxyl groups is 1. The molecule has 10 heteroatoms. The van der Waals surface area contributed by atoms with E-state index in [1.54, 1.807) is 50.3 Å². The van der Waals surface area contributed by atoms with Crippen LogP contribution in [-0.4, -0.2) is 42.6 Å². The Morgan fingerprint density at radius 2 is 1.90 bits per heavy atom. The predicted molar refractivity (Wildman–Crippen MR) is 158 cm³/mol. The van der Waals surface area contributed by atoms with Gasteiger partial charge in [0.2, 0.25) is 0 Å². The summed E-state index contributed by atoms with van der Waals surface area (Å²) in [6.07, 6.45) is 3.75. The van der Waals surface area contributed by atoms with Crippen LogP contribution in [0.5, 0.6) is 23.0 Å². The highest BCUT2D eigenvalue weighted by molar-refractivity contribution is 7.07. The molecule has 0 saturated carbocycles. The maximum atomic E-state index is 14.0. The summed E-state index contributed by atoms with van der Waals surface area (Å²) in [5, 5.41) is 10.5. The molecule has 2 aromatic carbocycles. The van der Waals surface area contributed by atoms with Crippen LogP contribution in [0.25, 0.3) is 6.08 Å². The maximum absolute atomic E-state index is 14.0. The summed E-state index contributed by atoms with van der Waals surface area (Å²) < 4.78 is 24.1. The highest BCUT2D eigenvalue weighted by Gasteiger charge is 2.34. The van der Waals surface area contributed by atoms with Gasteiger partial charge >= 0.3 is 5.97 Å². The second kappa shape index (κ2) is 12.5. The molecule has 0 spiro atoms. The maximum Gasteiger partial charge on any atom is 0.338 e. The molecule has 1 N–H and O–H groups in total. The molecule has 0 amide bonds. The van der Waals surface area contributed by atoms with E-state index in [0.29, 0.717) is 49.6 Å². The summed E-state index contributed by atoms with van der Waals surface area (Å²) in [5.74, 6) is 0.791. The van der Waals surface area contributed by atoms with E-state index in [1.165, 1.54) is 30.1 Å². The highest BCUT2D eigenvalue weighted by atomic mass is 32.1. The van der Waals surface area contributed by atoms with Crippen molar-refractivity contribution in [1.29, 1.82) is 0 Å². The Labute approximate surface area is 242 Å². The van der Waals surface area contributed by atoms with E-state index in [9.17, 15) is 14.7 Å². The van der Waals surface area contributed by atoms with Crippen molar-refractivity contribution in [3.05, 3.63) is 90.6 Å². The third-order valence-corrected chi connectivity index (χ3v) is 7.42. The fourth-order valence-corrected chi connectivity index (χ4v) is 5.75. The van der Waals surface area contributed by atoms with Crippen LogP contribution < -0.4 is 29.1 Å². The predicted octanol–water partition coefficient (Wildman–Crippen LogP) is 4.04. The summed E-state index contributed by atoms with van der Waals surface area (Å²) in [7, 11) is 3.01. The standard InChI is InChI=1S/C31H34N2O7S/c1-8-10-21-13-19(14-24(38-7)28(21)34)15-25-29(35)33-27(20-11-12-22(40-17(3)4)23(16-20)37-6)26(30(36)39-9-2)18(5)32-31(33)41-25/h8,11-17,27,34H,1,9-10H2,2-7H3/b25-15-/t27-/m1/s1. The van der Waals surface area contributed by atoms with Crippen molar-refractivity contribution in [2.75, 3.05) is 20.8 Å². The van der Waals surface area contributed by atoms with Crippen molar-refractivity contribution in [2.45, 2.75) is 46.3 Å². The fraction of sp³-hybridized carbons (Fsp3) is 0.323. The van der Waals surface area contributed by atoms with Crippen LogP contribution in [-0.2, 0) is 16.0 Å². The molecule has 0 saturated heterocycles. The first kappa shape index (κ1) is 29.7. The molecule has 2 heterocycles. The quantitative estimate of drug-likeness (QED) is 0.286. The minimum atomic E-state index is -0.805. The number of hydrogen-bond donors (Lipinski definition) is 1. The van der Waals surface area contributed by atoms with Crippen molar-refractivity contribution in [2.24, 2.45) is 4.99 Å². The molecule has 1 atom stereocenters. The molecule has 1 aliphatic rings. The number of allylic oxidation sites excluding steroid dienone is 2. The monoisotopic (exact) mass is 578 g/mol. The summed E-state index contributed by atoms with van der Waals surface area (Å²) in [6, 6.07) is 7.98. The molecule has 0 fully saturated rings. The molecular weight excluding hydrogens is 544 g/mol. The number of benzene rings is 2. The van der Waals surface area contributed by atoms with Gasteiger partial charge in [0.1, 0.15) is 0 Å². The number of fused-ring (bicyclic) bond motifs is 1. The van der Waals surface area contributed by atoms with Gasteiger partial charge in [0.05, 0.1) is 48.8 Å². The van der Waals surface area contributed by atoms with E-state index in [2.05, 4.69) is 11.6 Å². The molecule has 9 nitrogen and oxygen atoms in total. The fourth-order valence-electron chi connectivity index (χ4n) is 4.70. The molecule has 4 rings (SSSR count). The number of esters is 1. The lowest BCUT2D eigenvalue weighted by atomic mass is 9.95. The number of phenolic OH excluding ortho intramolecular Hbond substituents is 1. The number of aromatic nitrogens is 1. The summed E-state index contributed by atoms with van der Waals surface area (Å²) in [6.45, 7) is 11.2. The van der Waals surface area contributed by atoms with E-state index in [-0.39, 0.29) is 35.3 Å². The van der Waals surface area contributed by atoms with Gasteiger partial charge in [-0.1, -0.05) is 23.5 Å². The average Bonchev–Trinajstić information content (AvgIpc) is 3.23. The first-order chi connectivity index (χ1) is 19.6. The molecule has 0 bridgehead atoms. The summed E-state index contributed by atoms with van der Waals surface area (Å²) in [5.41, 5.74) is 2.32. The highest BCUT2D eigenvalue weighted by Crippen LogP contribution is 2.37. The Kier molecular flexibility index (Phi) is 9.02. The molecule has 216 valence electrons. The zero-order valence-corrected chi connectivity index (χ0v) is 24.8. The van der Waals surface area contributed by atoms with E-state index >= 15 is 0 Å². The number of carbonyl (C=O) groups excluding carboxylic acids is 1. The molecule has 3 aromatic rings. The molecule has 0 unspecified atom stereocenters. The van der Waals surface area contributed by atoms with Gasteiger partial charge in [-0.3, -0.25) is 9.36 Å². The van der Waals surface area contributed by atoms with Gasteiger partial charge in [-0.15, -0.1) is 6.58 Å². The Hall–Kier alpha value is -4.31. The number of phenols is 1. The van der Waals surface area contributed by atoms with Crippen LogP contribution in [0.2, 0.25) is 0 Å². The normalized spacial score (nSPS) is 14.9. The molecule has 1 aromatic heterocycles. The van der Waals surface area contributed by atoms with Crippen molar-refractivity contribution in [3.8, 4) is 23.0 Å². The van der Waals surface area contributed by atoms with E-state index in [1.807, 2.05) is 19.9 Å². The number of rotatable bonds is 10. The van der Waals surface area contributed by atoms with Crippen LogP contribution in [0, 0.1) is 0 Å². The zero-order valence-electron chi connectivity index (χ0n) is 24.0. The van der Waals surface area contributed by atoms with Crippen molar-refractivity contribution in [1.82, 2.24) is 4.57 Å². The summed E-state index contributed by atoms with van der Waals surface area (Å²) in [4.78, 5) is 32.3. The Bertz CT molecular complexity index is 1700.